The Labute approximate surface area is 164 Å². The molecule has 1 aliphatic rings. The zero-order valence-corrected chi connectivity index (χ0v) is 17.0. The van der Waals surface area contributed by atoms with E-state index < -0.39 is 0 Å². The molecule has 1 saturated heterocycles. The lowest BCUT2D eigenvalue weighted by atomic mass is 10.0. The molecule has 1 heterocycles. The minimum atomic E-state index is 0.720. The summed E-state index contributed by atoms with van der Waals surface area (Å²) in [6.07, 6.45) is 3.67. The summed E-state index contributed by atoms with van der Waals surface area (Å²) >= 11 is 0. The molecule has 1 fully saturated rings. The standard InChI is InChI=1S/C22H33N5/c1-6-10-24-22(17(2)3)25-20-7-8-21(18(4)16-20)19(5)27-14-12-26(11-9-23)13-15-27/h6-8,10,16H,2,5,9,11-15,23H2,1,3-4H3,(H,24,25)/b10-6-. The third-order valence-electron chi connectivity index (χ3n) is 4.76. The first-order chi connectivity index (χ1) is 13.0. The third-order valence-corrected chi connectivity index (χ3v) is 4.76. The molecule has 0 unspecified atom stereocenters. The third kappa shape index (κ3) is 5.81. The van der Waals surface area contributed by atoms with Crippen molar-refractivity contribution in [3.8, 4) is 0 Å². The number of anilines is 1. The van der Waals surface area contributed by atoms with Crippen molar-refractivity contribution >= 4 is 17.2 Å². The highest BCUT2D eigenvalue weighted by atomic mass is 15.3. The summed E-state index contributed by atoms with van der Waals surface area (Å²) in [5, 5.41) is 3.36. The minimum absolute atomic E-state index is 0.720. The van der Waals surface area contributed by atoms with E-state index in [1.165, 1.54) is 11.1 Å². The fourth-order valence-corrected chi connectivity index (χ4v) is 3.19. The van der Waals surface area contributed by atoms with Crippen molar-refractivity contribution in [3.63, 3.8) is 0 Å². The average Bonchev–Trinajstić information content (AvgIpc) is 2.65. The second-order valence-electron chi connectivity index (χ2n) is 6.96. The lowest BCUT2D eigenvalue weighted by Gasteiger charge is -2.37. The predicted octanol–water partition coefficient (Wildman–Crippen LogP) is 3.46. The van der Waals surface area contributed by atoms with Crippen molar-refractivity contribution in [2.24, 2.45) is 10.7 Å². The molecule has 1 aromatic rings. The van der Waals surface area contributed by atoms with E-state index in [0.717, 1.165) is 62.1 Å². The van der Waals surface area contributed by atoms with Gasteiger partial charge in [0.05, 0.1) is 0 Å². The summed E-state index contributed by atoms with van der Waals surface area (Å²) in [4.78, 5) is 9.19. The number of piperazine rings is 1. The summed E-state index contributed by atoms with van der Waals surface area (Å²) in [6.45, 7) is 20.1. The normalized spacial score (nSPS) is 16.0. The van der Waals surface area contributed by atoms with Gasteiger partial charge in [-0.05, 0) is 44.0 Å². The van der Waals surface area contributed by atoms with E-state index in [-0.39, 0.29) is 0 Å². The van der Waals surface area contributed by atoms with Gasteiger partial charge >= 0.3 is 0 Å². The van der Waals surface area contributed by atoms with Crippen molar-refractivity contribution in [2.45, 2.75) is 20.8 Å². The molecule has 2 rings (SSSR count). The Morgan fingerprint density at radius 1 is 1.26 bits per heavy atom. The van der Waals surface area contributed by atoms with E-state index in [2.05, 4.69) is 58.4 Å². The van der Waals surface area contributed by atoms with Gasteiger partial charge in [-0.15, -0.1) is 0 Å². The topological polar surface area (TPSA) is 56.9 Å². The molecule has 0 saturated carbocycles. The number of aliphatic imine (C=N–C) groups is 1. The molecule has 3 N–H and O–H groups in total. The van der Waals surface area contributed by atoms with Gasteiger partial charge in [0.2, 0.25) is 0 Å². The van der Waals surface area contributed by atoms with Crippen molar-refractivity contribution in [1.29, 1.82) is 0 Å². The highest BCUT2D eigenvalue weighted by Crippen LogP contribution is 2.25. The SMILES string of the molecule is C=C(C)C(=N/C=C\C)Nc1ccc(C(=C)N2CCN(CCN)CC2)c(C)c1. The van der Waals surface area contributed by atoms with Crippen LogP contribution >= 0.6 is 0 Å². The first kappa shape index (κ1) is 20.9. The Kier molecular flexibility index (Phi) is 7.82. The number of allylic oxidation sites excluding steroid dienone is 1. The number of nitrogens with zero attached hydrogens (tertiary/aromatic N) is 3. The van der Waals surface area contributed by atoms with E-state index in [1.807, 2.05) is 19.9 Å². The largest absolute Gasteiger partial charge is 0.369 e. The van der Waals surface area contributed by atoms with Gasteiger partial charge in [-0.25, -0.2) is 4.99 Å². The van der Waals surface area contributed by atoms with Crippen LogP contribution in [0, 0.1) is 6.92 Å². The second kappa shape index (κ2) is 10.1. The molecule has 27 heavy (non-hydrogen) atoms. The van der Waals surface area contributed by atoms with Crippen molar-refractivity contribution in [1.82, 2.24) is 9.80 Å². The predicted molar refractivity (Wildman–Crippen MR) is 118 cm³/mol. The number of amidine groups is 1. The maximum atomic E-state index is 5.66. The first-order valence-electron chi connectivity index (χ1n) is 9.55. The zero-order chi connectivity index (χ0) is 19.8. The smallest absolute Gasteiger partial charge is 0.132 e. The van der Waals surface area contributed by atoms with Crippen LogP contribution < -0.4 is 11.1 Å². The van der Waals surface area contributed by atoms with Crippen LogP contribution in [-0.2, 0) is 0 Å². The first-order valence-corrected chi connectivity index (χ1v) is 9.55. The molecule has 1 aliphatic heterocycles. The molecule has 146 valence electrons. The van der Waals surface area contributed by atoms with Gasteiger partial charge in [0, 0.05) is 62.4 Å². The number of benzene rings is 1. The van der Waals surface area contributed by atoms with Gasteiger partial charge in [-0.2, -0.15) is 0 Å². The maximum Gasteiger partial charge on any atom is 0.132 e. The molecule has 0 radical (unpaired) electrons. The van der Waals surface area contributed by atoms with Crippen LogP contribution in [0.1, 0.15) is 25.0 Å². The zero-order valence-electron chi connectivity index (χ0n) is 17.0. The Bertz CT molecular complexity index is 724. The fourth-order valence-electron chi connectivity index (χ4n) is 3.19. The molecule has 0 aliphatic carbocycles. The van der Waals surface area contributed by atoms with Gasteiger partial charge in [-0.3, -0.25) is 4.90 Å². The Balaban J connectivity index is 2.08. The van der Waals surface area contributed by atoms with Crippen LogP contribution in [0.25, 0.3) is 5.70 Å². The van der Waals surface area contributed by atoms with Gasteiger partial charge < -0.3 is 16.0 Å². The second-order valence-corrected chi connectivity index (χ2v) is 6.96. The summed E-state index contributed by atoms with van der Waals surface area (Å²) < 4.78 is 0. The summed E-state index contributed by atoms with van der Waals surface area (Å²) in [5.41, 5.74) is 11.0. The van der Waals surface area contributed by atoms with Crippen molar-refractivity contribution in [3.05, 3.63) is 60.3 Å². The number of nitrogens with one attached hydrogen (secondary N) is 1. The van der Waals surface area contributed by atoms with Crippen molar-refractivity contribution in [2.75, 3.05) is 44.6 Å². The lowest BCUT2D eigenvalue weighted by Crippen LogP contribution is -2.46. The van der Waals surface area contributed by atoms with Crippen LogP contribution in [-0.4, -0.2) is 54.9 Å². The van der Waals surface area contributed by atoms with Crippen LogP contribution in [0.15, 0.2) is 54.2 Å². The average molecular weight is 368 g/mol. The van der Waals surface area contributed by atoms with Crippen LogP contribution in [0.5, 0.6) is 0 Å². The molecule has 1 aromatic carbocycles. The van der Waals surface area contributed by atoms with Gasteiger partial charge in [0.25, 0.3) is 0 Å². The number of aryl methyl sites for hydroxylation is 1. The monoisotopic (exact) mass is 367 g/mol. The summed E-state index contributed by atoms with van der Waals surface area (Å²) in [7, 11) is 0. The van der Waals surface area contributed by atoms with Gasteiger partial charge in [-0.1, -0.05) is 25.3 Å². The Morgan fingerprint density at radius 2 is 1.96 bits per heavy atom. The molecule has 5 nitrogen and oxygen atoms in total. The van der Waals surface area contributed by atoms with Crippen LogP contribution in [0.3, 0.4) is 0 Å². The number of nitrogens with two attached hydrogens (primary N) is 1. The lowest BCUT2D eigenvalue weighted by molar-refractivity contribution is 0.180. The van der Waals surface area contributed by atoms with E-state index in [1.54, 1.807) is 6.20 Å². The number of rotatable bonds is 7. The maximum absolute atomic E-state index is 5.66. The Hall–Kier alpha value is -2.37. The fraction of sp³-hybridized carbons (Fsp3) is 0.409. The summed E-state index contributed by atoms with van der Waals surface area (Å²) in [5.74, 6) is 0.773. The molecule has 5 heteroatoms. The quantitative estimate of drug-likeness (QED) is 0.572. The molecule has 0 spiro atoms. The summed E-state index contributed by atoms with van der Waals surface area (Å²) in [6, 6.07) is 6.35. The molecule has 0 atom stereocenters. The molecular formula is C22H33N5. The highest BCUT2D eigenvalue weighted by molar-refractivity contribution is 6.07. The van der Waals surface area contributed by atoms with Crippen LogP contribution in [0.4, 0.5) is 5.69 Å². The van der Waals surface area contributed by atoms with Crippen LogP contribution in [0.2, 0.25) is 0 Å². The molecule has 0 bridgehead atoms. The molecule has 0 aromatic heterocycles. The van der Waals surface area contributed by atoms with Crippen molar-refractivity contribution < 1.29 is 0 Å². The van der Waals surface area contributed by atoms with E-state index in [0.29, 0.717) is 0 Å². The van der Waals surface area contributed by atoms with Gasteiger partial charge in [0.1, 0.15) is 5.84 Å². The van der Waals surface area contributed by atoms with E-state index in [4.69, 9.17) is 5.73 Å². The molecular weight excluding hydrogens is 334 g/mol. The highest BCUT2D eigenvalue weighted by Gasteiger charge is 2.19. The Morgan fingerprint density at radius 3 is 2.52 bits per heavy atom. The minimum Gasteiger partial charge on any atom is -0.369 e. The number of hydrogen-bond donors (Lipinski definition) is 2. The number of hydrogen-bond acceptors (Lipinski definition) is 4. The van der Waals surface area contributed by atoms with E-state index >= 15 is 0 Å². The van der Waals surface area contributed by atoms with E-state index in [9.17, 15) is 0 Å². The molecule has 0 amide bonds. The van der Waals surface area contributed by atoms with Gasteiger partial charge in [0.15, 0.2) is 0 Å².